The smallest absolute Gasteiger partial charge is 0.282 e. The monoisotopic (exact) mass is 311 g/mol. The highest BCUT2D eigenvalue weighted by Crippen LogP contribution is 2.23. The first-order valence-corrected chi connectivity index (χ1v) is 8.58. The molecular weight excluding hydrogens is 290 g/mol. The Balaban J connectivity index is 1.80. The van der Waals surface area contributed by atoms with Crippen molar-refractivity contribution >= 4 is 10.2 Å². The molecule has 0 bridgehead atoms. The van der Waals surface area contributed by atoms with E-state index in [1.807, 2.05) is 24.3 Å². The van der Waals surface area contributed by atoms with E-state index in [0.717, 1.165) is 12.0 Å². The molecule has 0 unspecified atom stereocenters. The van der Waals surface area contributed by atoms with Crippen LogP contribution in [0.1, 0.15) is 11.1 Å². The molecule has 3 rings (SSSR count). The Morgan fingerprint density at radius 2 is 2.00 bits per heavy atom. The summed E-state index contributed by atoms with van der Waals surface area (Å²) in [5.41, 5.74) is 2.28. The van der Waals surface area contributed by atoms with E-state index >= 15 is 0 Å². The Morgan fingerprint density at radius 1 is 1.29 bits per heavy atom. The van der Waals surface area contributed by atoms with Crippen molar-refractivity contribution < 1.29 is 13.5 Å². The third kappa shape index (κ3) is 2.72. The van der Waals surface area contributed by atoms with Crippen molar-refractivity contribution in [1.82, 2.24) is 13.9 Å². The molecule has 6 nitrogen and oxygen atoms in total. The summed E-state index contributed by atoms with van der Waals surface area (Å²) in [4.78, 5) is 0. The van der Waals surface area contributed by atoms with Crippen LogP contribution in [0.25, 0.3) is 0 Å². The summed E-state index contributed by atoms with van der Waals surface area (Å²) in [6.45, 7) is 1.81. The lowest BCUT2D eigenvalue weighted by Crippen LogP contribution is -2.51. The van der Waals surface area contributed by atoms with Crippen LogP contribution in [0.15, 0.2) is 24.3 Å². The fourth-order valence-electron chi connectivity index (χ4n) is 3.04. The van der Waals surface area contributed by atoms with Crippen LogP contribution in [0, 0.1) is 0 Å². The first-order valence-electron chi connectivity index (χ1n) is 7.19. The molecule has 0 saturated carbocycles. The van der Waals surface area contributed by atoms with Gasteiger partial charge >= 0.3 is 0 Å². The van der Waals surface area contributed by atoms with Gasteiger partial charge in [0.15, 0.2) is 0 Å². The van der Waals surface area contributed by atoms with Crippen molar-refractivity contribution in [2.75, 3.05) is 26.7 Å². The average molecular weight is 311 g/mol. The van der Waals surface area contributed by atoms with E-state index in [-0.39, 0.29) is 0 Å². The summed E-state index contributed by atoms with van der Waals surface area (Å²) < 4.78 is 28.3. The van der Waals surface area contributed by atoms with Gasteiger partial charge in [0.2, 0.25) is 0 Å². The maximum Gasteiger partial charge on any atom is 0.282 e. The Bertz CT molecular complexity index is 620. The molecule has 21 heavy (non-hydrogen) atoms. The lowest BCUT2D eigenvalue weighted by molar-refractivity contribution is 0.132. The molecule has 2 heterocycles. The SMILES string of the molecule is CN([C@@H]1CNC[C@H]1O)S(=O)(=O)N1CCc2ccccc2C1. The number of hydrogen-bond acceptors (Lipinski definition) is 4. The second kappa shape index (κ2) is 5.66. The van der Waals surface area contributed by atoms with Crippen LogP contribution in [-0.2, 0) is 23.2 Å². The van der Waals surface area contributed by atoms with E-state index < -0.39 is 22.4 Å². The lowest BCUT2D eigenvalue weighted by Gasteiger charge is -2.34. The normalized spacial score (nSPS) is 27.0. The van der Waals surface area contributed by atoms with Gasteiger partial charge in [-0.3, -0.25) is 0 Å². The van der Waals surface area contributed by atoms with Crippen LogP contribution in [0.2, 0.25) is 0 Å². The van der Waals surface area contributed by atoms with Gasteiger partial charge < -0.3 is 10.4 Å². The molecule has 1 saturated heterocycles. The Labute approximate surface area is 125 Å². The van der Waals surface area contributed by atoms with E-state index in [2.05, 4.69) is 5.32 Å². The summed E-state index contributed by atoms with van der Waals surface area (Å²) >= 11 is 0. The Hall–Kier alpha value is -0.990. The quantitative estimate of drug-likeness (QED) is 0.793. The summed E-state index contributed by atoms with van der Waals surface area (Å²) in [5.74, 6) is 0. The van der Waals surface area contributed by atoms with Crippen molar-refractivity contribution in [3.63, 3.8) is 0 Å². The van der Waals surface area contributed by atoms with E-state index in [0.29, 0.717) is 26.2 Å². The number of aliphatic hydroxyl groups excluding tert-OH is 1. The molecular formula is C14H21N3O3S. The van der Waals surface area contributed by atoms with E-state index in [1.54, 1.807) is 7.05 Å². The van der Waals surface area contributed by atoms with Crippen LogP contribution in [0.3, 0.4) is 0 Å². The molecule has 2 N–H and O–H groups in total. The number of benzene rings is 1. The van der Waals surface area contributed by atoms with Gasteiger partial charge in [0, 0.05) is 33.2 Å². The topological polar surface area (TPSA) is 72.9 Å². The minimum atomic E-state index is -3.55. The summed E-state index contributed by atoms with van der Waals surface area (Å²) in [6.07, 6.45) is 0.0798. The number of likely N-dealkylation sites (N-methyl/N-ethyl adjacent to an activating group) is 1. The zero-order chi connectivity index (χ0) is 15.0. The van der Waals surface area contributed by atoms with E-state index in [9.17, 15) is 13.5 Å². The molecule has 0 aromatic heterocycles. The molecule has 1 aromatic carbocycles. The lowest BCUT2D eigenvalue weighted by atomic mass is 10.0. The van der Waals surface area contributed by atoms with Gasteiger partial charge in [0.25, 0.3) is 10.2 Å². The van der Waals surface area contributed by atoms with Gasteiger partial charge in [0.1, 0.15) is 0 Å². The zero-order valence-electron chi connectivity index (χ0n) is 12.1. The van der Waals surface area contributed by atoms with Crippen LogP contribution >= 0.6 is 0 Å². The first kappa shape index (κ1) is 14.9. The highest BCUT2D eigenvalue weighted by Gasteiger charge is 2.38. The van der Waals surface area contributed by atoms with Gasteiger partial charge in [0.05, 0.1) is 12.1 Å². The van der Waals surface area contributed by atoms with Crippen LogP contribution in [0.4, 0.5) is 0 Å². The van der Waals surface area contributed by atoms with Crippen molar-refractivity contribution in [2.45, 2.75) is 25.1 Å². The van der Waals surface area contributed by atoms with Gasteiger partial charge in [-0.05, 0) is 17.5 Å². The number of nitrogens with zero attached hydrogens (tertiary/aromatic N) is 2. The molecule has 0 radical (unpaired) electrons. The number of β-amino-alcohol motifs (C(OH)–C–C–N with tert-alkyl or cyclic N) is 1. The van der Waals surface area contributed by atoms with Crippen molar-refractivity contribution in [2.24, 2.45) is 0 Å². The molecule has 2 aliphatic heterocycles. The molecule has 7 heteroatoms. The van der Waals surface area contributed by atoms with Crippen molar-refractivity contribution in [3.05, 3.63) is 35.4 Å². The molecule has 0 amide bonds. The fourth-order valence-corrected chi connectivity index (χ4v) is 4.59. The van der Waals surface area contributed by atoms with Gasteiger partial charge in [-0.15, -0.1) is 0 Å². The van der Waals surface area contributed by atoms with Gasteiger partial charge in [-0.2, -0.15) is 17.0 Å². The third-order valence-corrected chi connectivity index (χ3v) is 6.37. The summed E-state index contributed by atoms with van der Waals surface area (Å²) in [7, 11) is -2.00. The molecule has 1 aromatic rings. The molecule has 116 valence electrons. The standard InChI is InChI=1S/C14H21N3O3S/c1-16(13-8-15-9-14(13)18)21(19,20)17-7-6-11-4-2-3-5-12(11)10-17/h2-5,13-15,18H,6-10H2,1H3/t13-,14-/m1/s1. The fraction of sp³-hybridized carbons (Fsp3) is 0.571. The third-order valence-electron chi connectivity index (χ3n) is 4.40. The molecule has 2 atom stereocenters. The summed E-state index contributed by atoms with van der Waals surface area (Å²) in [5, 5.41) is 12.9. The highest BCUT2D eigenvalue weighted by molar-refractivity contribution is 7.86. The number of rotatable bonds is 3. The van der Waals surface area contributed by atoms with Gasteiger partial charge in [-0.1, -0.05) is 24.3 Å². The molecule has 2 aliphatic rings. The number of aliphatic hydroxyl groups is 1. The van der Waals surface area contributed by atoms with Crippen molar-refractivity contribution in [3.8, 4) is 0 Å². The van der Waals surface area contributed by atoms with Gasteiger partial charge in [-0.25, -0.2) is 0 Å². The van der Waals surface area contributed by atoms with E-state index in [4.69, 9.17) is 0 Å². The minimum Gasteiger partial charge on any atom is -0.390 e. The second-order valence-corrected chi connectivity index (χ2v) is 7.66. The Kier molecular flexibility index (Phi) is 4.02. The van der Waals surface area contributed by atoms with Crippen LogP contribution in [-0.4, -0.2) is 61.0 Å². The zero-order valence-corrected chi connectivity index (χ0v) is 12.9. The molecule has 0 spiro atoms. The minimum absolute atomic E-state index is 0.396. The maximum absolute atomic E-state index is 12.7. The predicted octanol–water partition coefficient (Wildman–Crippen LogP) is -0.446. The summed E-state index contributed by atoms with van der Waals surface area (Å²) in [6, 6.07) is 7.54. The average Bonchev–Trinajstić information content (AvgIpc) is 2.92. The number of nitrogens with one attached hydrogen (secondary N) is 1. The Morgan fingerprint density at radius 3 is 2.67 bits per heavy atom. The van der Waals surface area contributed by atoms with E-state index in [1.165, 1.54) is 14.2 Å². The maximum atomic E-state index is 12.7. The second-order valence-electron chi connectivity index (χ2n) is 5.67. The number of hydrogen-bond donors (Lipinski definition) is 2. The van der Waals surface area contributed by atoms with Crippen LogP contribution < -0.4 is 5.32 Å². The predicted molar refractivity (Wildman–Crippen MR) is 79.9 cm³/mol. The first-order chi connectivity index (χ1) is 10.00. The largest absolute Gasteiger partial charge is 0.390 e. The number of fused-ring (bicyclic) bond motifs is 1. The van der Waals surface area contributed by atoms with Crippen molar-refractivity contribution in [1.29, 1.82) is 0 Å². The highest BCUT2D eigenvalue weighted by atomic mass is 32.2. The van der Waals surface area contributed by atoms with Crippen LogP contribution in [0.5, 0.6) is 0 Å². The molecule has 1 fully saturated rings. The molecule has 0 aliphatic carbocycles.